The van der Waals surface area contributed by atoms with Gasteiger partial charge in [0, 0.05) is 28.0 Å². The predicted molar refractivity (Wildman–Crippen MR) is 87.5 cm³/mol. The summed E-state index contributed by atoms with van der Waals surface area (Å²) in [7, 11) is -3.65. The molecule has 116 valence electrons. The number of nitrogens with one attached hydrogen (secondary N) is 2. The highest BCUT2D eigenvalue weighted by atomic mass is 79.9. The van der Waals surface area contributed by atoms with Crippen LogP contribution in [-0.2, 0) is 14.8 Å². The third-order valence-electron chi connectivity index (χ3n) is 3.09. The number of sulfonamides is 1. The van der Waals surface area contributed by atoms with E-state index in [4.69, 9.17) is 0 Å². The van der Waals surface area contributed by atoms with Crippen LogP contribution in [0.4, 0.5) is 0 Å². The second kappa shape index (κ2) is 6.76. The standard InChI is InChI=1S/C13H16Br2N2O3S/c1-8-6-11(15)12(7-10(8)14)21(19,20)16-5-4-13(18)17-9-2-3-9/h6-7,9,16H,2-5H2,1H3,(H,17,18). The van der Waals surface area contributed by atoms with Crippen LogP contribution in [0.3, 0.4) is 0 Å². The van der Waals surface area contributed by atoms with Gasteiger partial charge >= 0.3 is 0 Å². The summed E-state index contributed by atoms with van der Waals surface area (Å²) in [5.74, 6) is -0.121. The van der Waals surface area contributed by atoms with E-state index in [2.05, 4.69) is 41.9 Å². The Hall–Kier alpha value is -0.440. The number of benzene rings is 1. The van der Waals surface area contributed by atoms with Gasteiger partial charge in [0.15, 0.2) is 0 Å². The summed E-state index contributed by atoms with van der Waals surface area (Å²) in [6.07, 6.45) is 2.17. The smallest absolute Gasteiger partial charge is 0.241 e. The van der Waals surface area contributed by atoms with Gasteiger partial charge in [0.2, 0.25) is 15.9 Å². The number of hydrogen-bond donors (Lipinski definition) is 2. The van der Waals surface area contributed by atoms with E-state index in [1.165, 1.54) is 0 Å². The van der Waals surface area contributed by atoms with E-state index < -0.39 is 10.0 Å². The van der Waals surface area contributed by atoms with Gasteiger partial charge in [-0.2, -0.15) is 0 Å². The van der Waals surface area contributed by atoms with Gasteiger partial charge in [0.1, 0.15) is 0 Å². The van der Waals surface area contributed by atoms with E-state index >= 15 is 0 Å². The Bertz CT molecular complexity index is 658. The van der Waals surface area contributed by atoms with Crippen LogP contribution in [0.1, 0.15) is 24.8 Å². The molecule has 0 saturated heterocycles. The minimum absolute atomic E-state index is 0.0822. The molecule has 0 unspecified atom stereocenters. The fourth-order valence-electron chi connectivity index (χ4n) is 1.74. The molecule has 0 aromatic heterocycles. The largest absolute Gasteiger partial charge is 0.353 e. The van der Waals surface area contributed by atoms with Gasteiger partial charge < -0.3 is 5.32 Å². The zero-order valence-corrected chi connectivity index (χ0v) is 15.4. The molecule has 2 N–H and O–H groups in total. The van der Waals surface area contributed by atoms with Gasteiger partial charge in [-0.3, -0.25) is 4.79 Å². The summed E-state index contributed by atoms with van der Waals surface area (Å²) in [4.78, 5) is 11.7. The highest BCUT2D eigenvalue weighted by Crippen LogP contribution is 2.28. The van der Waals surface area contributed by atoms with Gasteiger partial charge in [0.05, 0.1) is 4.90 Å². The summed E-state index contributed by atoms with van der Waals surface area (Å²) in [5.41, 5.74) is 0.935. The van der Waals surface area contributed by atoms with E-state index in [-0.39, 0.29) is 29.8 Å². The maximum absolute atomic E-state index is 12.2. The Morgan fingerprint density at radius 3 is 2.57 bits per heavy atom. The minimum Gasteiger partial charge on any atom is -0.353 e. The number of rotatable bonds is 6. The molecule has 1 amide bonds. The van der Waals surface area contributed by atoms with E-state index in [1.807, 2.05) is 6.92 Å². The number of halogens is 2. The maximum atomic E-state index is 12.2. The van der Waals surface area contributed by atoms with E-state index in [9.17, 15) is 13.2 Å². The molecule has 1 aliphatic carbocycles. The monoisotopic (exact) mass is 438 g/mol. The number of carbonyl (C=O) groups is 1. The van der Waals surface area contributed by atoms with E-state index in [1.54, 1.807) is 12.1 Å². The topological polar surface area (TPSA) is 75.3 Å². The first-order valence-electron chi connectivity index (χ1n) is 6.54. The van der Waals surface area contributed by atoms with Crippen LogP contribution in [0.15, 0.2) is 26.0 Å². The lowest BCUT2D eigenvalue weighted by molar-refractivity contribution is -0.121. The van der Waals surface area contributed by atoms with Crippen LogP contribution in [0.25, 0.3) is 0 Å². The molecule has 1 saturated carbocycles. The zero-order valence-electron chi connectivity index (χ0n) is 11.4. The molecule has 1 aromatic carbocycles. The van der Waals surface area contributed by atoms with Crippen molar-refractivity contribution in [3.63, 3.8) is 0 Å². The highest BCUT2D eigenvalue weighted by Gasteiger charge is 2.23. The fourth-order valence-corrected chi connectivity index (χ4v) is 4.45. The van der Waals surface area contributed by atoms with Crippen LogP contribution in [-0.4, -0.2) is 26.9 Å². The first-order valence-corrected chi connectivity index (χ1v) is 9.61. The Balaban J connectivity index is 1.97. The lowest BCUT2D eigenvalue weighted by Gasteiger charge is -2.10. The Morgan fingerprint density at radius 1 is 1.29 bits per heavy atom. The van der Waals surface area contributed by atoms with Gasteiger partial charge in [-0.25, -0.2) is 13.1 Å². The van der Waals surface area contributed by atoms with Crippen LogP contribution in [0, 0.1) is 6.92 Å². The maximum Gasteiger partial charge on any atom is 0.241 e. The van der Waals surface area contributed by atoms with Gasteiger partial charge in [-0.15, -0.1) is 0 Å². The molecule has 1 aliphatic rings. The summed E-state index contributed by atoms with van der Waals surface area (Å²) in [6, 6.07) is 3.57. The Labute approximate surface area is 141 Å². The second-order valence-corrected chi connectivity index (χ2v) is 8.47. The van der Waals surface area contributed by atoms with Crippen LogP contribution < -0.4 is 10.0 Å². The molecule has 0 atom stereocenters. The molecule has 2 rings (SSSR count). The van der Waals surface area contributed by atoms with Crippen molar-refractivity contribution in [3.05, 3.63) is 26.6 Å². The predicted octanol–water partition coefficient (Wildman–Crippen LogP) is 2.47. The fraction of sp³-hybridized carbons (Fsp3) is 0.462. The molecule has 0 spiro atoms. The number of carbonyl (C=O) groups excluding carboxylic acids is 1. The third kappa shape index (κ3) is 4.77. The Morgan fingerprint density at radius 2 is 1.95 bits per heavy atom. The molecule has 0 heterocycles. The summed E-state index contributed by atoms with van der Waals surface area (Å²) in [5, 5.41) is 2.82. The molecular weight excluding hydrogens is 424 g/mol. The molecule has 1 fully saturated rings. The van der Waals surface area contributed by atoms with Gasteiger partial charge in [0.25, 0.3) is 0 Å². The van der Waals surface area contributed by atoms with Crippen molar-refractivity contribution in [1.82, 2.24) is 10.0 Å². The summed E-state index contributed by atoms with van der Waals surface area (Å²) in [6.45, 7) is 1.96. The first-order chi connectivity index (χ1) is 9.79. The SMILES string of the molecule is Cc1cc(Br)c(S(=O)(=O)NCCC(=O)NC2CC2)cc1Br. The van der Waals surface area contributed by atoms with Crippen LogP contribution in [0.2, 0.25) is 0 Å². The molecule has 8 heteroatoms. The molecule has 1 aromatic rings. The average Bonchev–Trinajstić information content (AvgIpc) is 3.17. The summed E-state index contributed by atoms with van der Waals surface area (Å²) >= 11 is 6.58. The van der Waals surface area contributed by atoms with Gasteiger partial charge in [-0.05, 0) is 53.4 Å². The number of hydrogen-bond acceptors (Lipinski definition) is 3. The van der Waals surface area contributed by atoms with Crippen molar-refractivity contribution in [2.75, 3.05) is 6.54 Å². The van der Waals surface area contributed by atoms with Crippen molar-refractivity contribution in [1.29, 1.82) is 0 Å². The first kappa shape index (κ1) is 16.9. The number of amides is 1. The number of aryl methyl sites for hydroxylation is 1. The lowest BCUT2D eigenvalue weighted by atomic mass is 10.2. The van der Waals surface area contributed by atoms with Crippen LogP contribution >= 0.6 is 31.9 Å². The average molecular weight is 440 g/mol. The van der Waals surface area contributed by atoms with Crippen molar-refractivity contribution in [2.45, 2.75) is 37.1 Å². The normalized spacial score (nSPS) is 15.0. The molecule has 21 heavy (non-hydrogen) atoms. The molecule has 0 bridgehead atoms. The molecule has 0 aliphatic heterocycles. The van der Waals surface area contributed by atoms with Gasteiger partial charge in [-0.1, -0.05) is 15.9 Å². The molecule has 0 radical (unpaired) electrons. The quantitative estimate of drug-likeness (QED) is 0.714. The zero-order chi connectivity index (χ0) is 15.6. The second-order valence-electron chi connectivity index (χ2n) is 5.02. The minimum atomic E-state index is -3.65. The molecule has 5 nitrogen and oxygen atoms in total. The van der Waals surface area contributed by atoms with Crippen molar-refractivity contribution < 1.29 is 13.2 Å². The van der Waals surface area contributed by atoms with Crippen LogP contribution in [0.5, 0.6) is 0 Å². The third-order valence-corrected chi connectivity index (χ3v) is 6.36. The van der Waals surface area contributed by atoms with E-state index in [0.29, 0.717) is 4.47 Å². The Kier molecular flexibility index (Phi) is 5.45. The van der Waals surface area contributed by atoms with Crippen molar-refractivity contribution in [2.24, 2.45) is 0 Å². The van der Waals surface area contributed by atoms with E-state index in [0.717, 1.165) is 22.9 Å². The molecular formula is C13H16Br2N2O3S. The summed E-state index contributed by atoms with van der Waals surface area (Å²) < 4.78 is 28.1. The lowest BCUT2D eigenvalue weighted by Crippen LogP contribution is -2.31. The highest BCUT2D eigenvalue weighted by molar-refractivity contribution is 9.11. The van der Waals surface area contributed by atoms with Crippen molar-refractivity contribution in [3.8, 4) is 0 Å². The van der Waals surface area contributed by atoms with Crippen molar-refractivity contribution >= 4 is 47.8 Å².